The first kappa shape index (κ1) is 37.4. The summed E-state index contributed by atoms with van der Waals surface area (Å²) in [7, 11) is -3.91. The molecule has 1 aromatic carbocycles. The zero-order chi connectivity index (χ0) is 37.3. The number of fused-ring (bicyclic) bond motifs is 3. The van der Waals surface area contributed by atoms with Gasteiger partial charge in [0.05, 0.1) is 31.6 Å². The van der Waals surface area contributed by atoms with E-state index in [1.165, 1.54) is 9.80 Å². The van der Waals surface area contributed by atoms with Gasteiger partial charge in [-0.15, -0.1) is 0 Å². The molecule has 1 aromatic rings. The lowest BCUT2D eigenvalue weighted by atomic mass is 10.0. The van der Waals surface area contributed by atoms with Gasteiger partial charge >= 0.3 is 12.2 Å². The molecule has 2 saturated heterocycles. The Bertz CT molecular complexity index is 1770. The number of carbonyl (C=O) groups is 5. The molecule has 2 aliphatic carbocycles. The van der Waals surface area contributed by atoms with Gasteiger partial charge in [0.15, 0.2) is 0 Å². The van der Waals surface area contributed by atoms with Crippen LogP contribution in [0.4, 0.5) is 9.59 Å². The molecule has 4 heterocycles. The van der Waals surface area contributed by atoms with Gasteiger partial charge in [0, 0.05) is 36.7 Å². The Morgan fingerprint density at radius 1 is 0.981 bits per heavy atom. The summed E-state index contributed by atoms with van der Waals surface area (Å²) in [4.78, 5) is 71.6. The van der Waals surface area contributed by atoms with Crippen LogP contribution in [0.5, 0.6) is 0 Å². The van der Waals surface area contributed by atoms with E-state index >= 15 is 0 Å². The van der Waals surface area contributed by atoms with Crippen LogP contribution >= 0.6 is 11.6 Å². The van der Waals surface area contributed by atoms with Gasteiger partial charge in [-0.25, -0.2) is 18.0 Å². The lowest BCUT2D eigenvalue weighted by Crippen LogP contribution is -2.58. The molecule has 4 aliphatic heterocycles. The number of nitrogens with one attached hydrogen (secondary N) is 3. The summed E-state index contributed by atoms with van der Waals surface area (Å²) in [5, 5.41) is 5.45. The van der Waals surface area contributed by atoms with Crippen molar-refractivity contribution in [3.63, 3.8) is 0 Å². The van der Waals surface area contributed by atoms with E-state index in [9.17, 15) is 32.4 Å². The van der Waals surface area contributed by atoms with Crippen molar-refractivity contribution in [1.82, 2.24) is 25.2 Å². The summed E-state index contributed by atoms with van der Waals surface area (Å²) < 4.78 is 44.6. The van der Waals surface area contributed by atoms with E-state index < -0.39 is 74.8 Å². The molecule has 6 aliphatic rings. The van der Waals surface area contributed by atoms with Crippen molar-refractivity contribution in [1.29, 1.82) is 0 Å². The number of halogens is 1. The van der Waals surface area contributed by atoms with E-state index in [4.69, 9.17) is 25.8 Å². The lowest BCUT2D eigenvalue weighted by Gasteiger charge is -2.30. The van der Waals surface area contributed by atoms with Crippen molar-refractivity contribution in [2.75, 3.05) is 19.8 Å². The average molecular weight is 776 g/mol. The molecule has 0 radical (unpaired) electrons. The number of ether oxygens (including phenoxy) is 3. The van der Waals surface area contributed by atoms with Gasteiger partial charge in [-0.1, -0.05) is 48.7 Å². The van der Waals surface area contributed by atoms with Crippen LogP contribution in [-0.2, 0) is 51.7 Å². The molecule has 0 aromatic heterocycles. The summed E-state index contributed by atoms with van der Waals surface area (Å²) in [6, 6.07) is 3.20. The largest absolute Gasteiger partial charge is 0.446 e. The smallest absolute Gasteiger partial charge is 0.410 e. The number of amides is 5. The highest BCUT2D eigenvalue weighted by Gasteiger charge is 2.62. The Balaban J connectivity index is 1.12. The number of nitrogens with zero attached hydrogens (tertiary/aromatic N) is 2. The molecule has 4 fully saturated rings. The van der Waals surface area contributed by atoms with Crippen molar-refractivity contribution >= 4 is 51.5 Å². The highest BCUT2D eigenvalue weighted by atomic mass is 35.5. The molecule has 17 heteroatoms. The second-order valence-corrected chi connectivity index (χ2v) is 17.3. The van der Waals surface area contributed by atoms with Crippen molar-refractivity contribution in [2.45, 2.75) is 119 Å². The third-order valence-corrected chi connectivity index (χ3v) is 13.2. The molecular formula is C36H46ClN5O10S. The van der Waals surface area contributed by atoms with Gasteiger partial charge in [0.25, 0.3) is 5.91 Å². The van der Waals surface area contributed by atoms with E-state index in [0.29, 0.717) is 56.8 Å². The molecule has 3 N–H and O–H groups in total. The van der Waals surface area contributed by atoms with Gasteiger partial charge < -0.3 is 29.7 Å². The standard InChI is InChI=1S/C36H46ClN5O10S/c37-28-9-6-7-22-19-41(21-27(22)28)35(47)52-25-17-30-31(43)39-36(33(45)40-53(48,49)26-11-12-26)18-23(36)8-4-2-1-3-5-10-29(32(44)42(30)20-25)38-34(46)51-24-13-15-50-16-14-24/h4,6-9,23-26,29-30H,1-3,5,10-21H2,(H,38,46)(H,39,43)(H,40,45)/b8-4-/t23-,25-,29+,30+,36-/m1/s1. The Labute approximate surface area is 313 Å². The Morgan fingerprint density at radius 2 is 1.77 bits per heavy atom. The highest BCUT2D eigenvalue weighted by Crippen LogP contribution is 2.46. The second-order valence-electron chi connectivity index (χ2n) is 14.9. The van der Waals surface area contributed by atoms with Crippen LogP contribution in [0.2, 0.25) is 5.02 Å². The summed E-state index contributed by atoms with van der Waals surface area (Å²) >= 11 is 6.36. The minimum Gasteiger partial charge on any atom is -0.446 e. The maximum atomic E-state index is 14.4. The molecule has 5 amide bonds. The summed E-state index contributed by atoms with van der Waals surface area (Å²) in [5.41, 5.74) is 0.178. The topological polar surface area (TPSA) is 190 Å². The highest BCUT2D eigenvalue weighted by molar-refractivity contribution is 7.91. The minimum atomic E-state index is -3.91. The first-order valence-electron chi connectivity index (χ1n) is 18.6. The van der Waals surface area contributed by atoms with Crippen molar-refractivity contribution in [3.8, 4) is 0 Å². The summed E-state index contributed by atoms with van der Waals surface area (Å²) in [6.07, 6.45) is 6.27. The Hall–Kier alpha value is -3.89. The van der Waals surface area contributed by atoms with Crippen LogP contribution in [0.3, 0.4) is 0 Å². The Kier molecular flexibility index (Phi) is 10.9. The van der Waals surface area contributed by atoms with Gasteiger partial charge in [-0.2, -0.15) is 0 Å². The number of alkyl carbamates (subject to hydrolysis) is 1. The molecule has 2 saturated carbocycles. The first-order chi connectivity index (χ1) is 25.4. The molecule has 0 spiro atoms. The van der Waals surface area contributed by atoms with E-state index in [0.717, 1.165) is 24.0 Å². The number of rotatable bonds is 6. The van der Waals surface area contributed by atoms with Crippen molar-refractivity contribution in [3.05, 3.63) is 46.5 Å². The molecule has 0 unspecified atom stereocenters. The monoisotopic (exact) mass is 775 g/mol. The third-order valence-electron chi connectivity index (χ3n) is 11.0. The molecular weight excluding hydrogens is 730 g/mol. The number of allylic oxidation sites excluding steroid dienone is 1. The normalized spacial score (nSPS) is 30.1. The lowest BCUT2D eigenvalue weighted by molar-refractivity contribution is -0.141. The first-order valence-corrected chi connectivity index (χ1v) is 20.5. The van der Waals surface area contributed by atoms with Gasteiger partial charge in [-0.05, 0) is 55.7 Å². The van der Waals surface area contributed by atoms with Crippen LogP contribution in [0.1, 0.15) is 81.8 Å². The zero-order valence-electron chi connectivity index (χ0n) is 29.4. The van der Waals surface area contributed by atoms with Crippen LogP contribution in [0.15, 0.2) is 30.4 Å². The molecule has 0 bridgehead atoms. The maximum absolute atomic E-state index is 14.4. The van der Waals surface area contributed by atoms with Crippen molar-refractivity contribution < 1.29 is 46.6 Å². The molecule has 5 atom stereocenters. The molecule has 53 heavy (non-hydrogen) atoms. The molecule has 15 nitrogen and oxygen atoms in total. The van der Waals surface area contributed by atoms with Crippen LogP contribution < -0.4 is 15.4 Å². The number of carbonyl (C=O) groups excluding carboxylic acids is 5. The minimum absolute atomic E-state index is 0.0807. The quantitative estimate of drug-likeness (QED) is 0.363. The SMILES string of the molecule is O=C(N[C@H]1CCCCC/C=C\[C@@H]2C[C@@]2(C(=O)NS(=O)(=O)C2CC2)NC(=O)[C@@H]2C[C@@H](OC(=O)N3Cc4cccc(Cl)c4C3)CN2C1=O)OC1CCOCC1. The number of benzene rings is 1. The maximum Gasteiger partial charge on any atom is 0.410 e. The average Bonchev–Trinajstić information content (AvgIpc) is 4.01. The van der Waals surface area contributed by atoms with E-state index in [1.807, 2.05) is 18.2 Å². The van der Waals surface area contributed by atoms with Crippen LogP contribution in [-0.4, -0.2) is 103 Å². The van der Waals surface area contributed by atoms with Gasteiger partial charge in [0.1, 0.15) is 29.8 Å². The summed E-state index contributed by atoms with van der Waals surface area (Å²) in [5.74, 6) is -2.52. The van der Waals surface area contributed by atoms with E-state index in [-0.39, 0.29) is 45.0 Å². The predicted molar refractivity (Wildman–Crippen MR) is 190 cm³/mol. The zero-order valence-corrected chi connectivity index (χ0v) is 31.0. The van der Waals surface area contributed by atoms with Crippen molar-refractivity contribution in [2.24, 2.45) is 5.92 Å². The second kappa shape index (κ2) is 15.5. The van der Waals surface area contributed by atoms with Crippen LogP contribution in [0.25, 0.3) is 0 Å². The number of hydrogen-bond acceptors (Lipinski definition) is 10. The van der Waals surface area contributed by atoms with Crippen LogP contribution in [0, 0.1) is 5.92 Å². The van der Waals surface area contributed by atoms with E-state index in [1.54, 1.807) is 12.1 Å². The molecule has 7 rings (SSSR count). The predicted octanol–water partition coefficient (Wildman–Crippen LogP) is 3.04. The number of hydrogen-bond donors (Lipinski definition) is 3. The van der Waals surface area contributed by atoms with E-state index in [2.05, 4.69) is 15.4 Å². The summed E-state index contributed by atoms with van der Waals surface area (Å²) in [6.45, 7) is 1.30. The fraction of sp³-hybridized carbons (Fsp3) is 0.639. The fourth-order valence-corrected chi connectivity index (χ4v) is 9.31. The van der Waals surface area contributed by atoms with Gasteiger partial charge in [0.2, 0.25) is 21.8 Å². The third kappa shape index (κ3) is 8.44. The Morgan fingerprint density at radius 3 is 2.53 bits per heavy atom. The molecule has 288 valence electrons. The number of sulfonamides is 1. The van der Waals surface area contributed by atoms with Gasteiger partial charge in [-0.3, -0.25) is 24.0 Å². The fourth-order valence-electron chi connectivity index (χ4n) is 7.70.